The topological polar surface area (TPSA) is 49.3 Å². The van der Waals surface area contributed by atoms with Crippen LogP contribution in [0.15, 0.2) is 34.3 Å². The van der Waals surface area contributed by atoms with E-state index in [4.69, 9.17) is 5.11 Å². The van der Waals surface area contributed by atoms with Crippen LogP contribution in [0.1, 0.15) is 6.92 Å². The summed E-state index contributed by atoms with van der Waals surface area (Å²) in [6, 6.07) is 4.28. The van der Waals surface area contributed by atoms with Gasteiger partial charge in [-0.05, 0) is 46.6 Å². The van der Waals surface area contributed by atoms with Gasteiger partial charge in [0.05, 0.1) is 5.69 Å². The zero-order valence-electron chi connectivity index (χ0n) is 8.63. The molecule has 0 aliphatic heterocycles. The van der Waals surface area contributed by atoms with Crippen molar-refractivity contribution < 1.29 is 14.3 Å². The van der Waals surface area contributed by atoms with Crippen molar-refractivity contribution in [3.8, 4) is 0 Å². The second-order valence-corrected chi connectivity index (χ2v) is 4.16. The normalized spacial score (nSPS) is 11.3. The maximum atomic E-state index is 12.9. The number of hydrogen-bond donors (Lipinski definition) is 2. The first-order valence-electron chi connectivity index (χ1n) is 4.58. The summed E-state index contributed by atoms with van der Waals surface area (Å²) in [6.45, 7) is 2.04. The fourth-order valence-corrected chi connectivity index (χ4v) is 1.52. The number of rotatable bonds is 4. The van der Waals surface area contributed by atoms with Crippen LogP contribution in [-0.2, 0) is 4.79 Å². The lowest BCUT2D eigenvalue weighted by molar-refractivity contribution is -0.131. The van der Waals surface area contributed by atoms with E-state index in [1.165, 1.54) is 12.1 Å². The van der Waals surface area contributed by atoms with Gasteiger partial charge in [-0.3, -0.25) is 0 Å². The van der Waals surface area contributed by atoms with Gasteiger partial charge in [0, 0.05) is 17.1 Å². The van der Waals surface area contributed by atoms with E-state index in [1.807, 2.05) is 0 Å². The molecule has 0 amide bonds. The number of carboxylic acid groups (broad SMARTS) is 1. The van der Waals surface area contributed by atoms with E-state index < -0.39 is 5.97 Å². The zero-order valence-corrected chi connectivity index (χ0v) is 10.2. The molecule has 0 heterocycles. The molecule has 0 saturated carbocycles. The molecule has 0 fully saturated rings. The Kier molecular flexibility index (Phi) is 4.49. The number of carboxylic acids is 1. The zero-order chi connectivity index (χ0) is 12.1. The smallest absolute Gasteiger partial charge is 0.328 e. The molecule has 0 aliphatic rings. The van der Waals surface area contributed by atoms with E-state index in [0.29, 0.717) is 17.8 Å². The highest BCUT2D eigenvalue weighted by atomic mass is 79.9. The summed E-state index contributed by atoms with van der Waals surface area (Å²) in [5.74, 6) is -1.33. The molecule has 1 aromatic carbocycles. The maximum absolute atomic E-state index is 12.9. The first-order valence-corrected chi connectivity index (χ1v) is 5.37. The first-order chi connectivity index (χ1) is 7.49. The molecule has 0 bridgehead atoms. The van der Waals surface area contributed by atoms with Crippen LogP contribution in [-0.4, -0.2) is 17.6 Å². The minimum atomic E-state index is -0.988. The van der Waals surface area contributed by atoms with Gasteiger partial charge in [0.15, 0.2) is 0 Å². The summed E-state index contributed by atoms with van der Waals surface area (Å²) in [7, 11) is 0. The second-order valence-electron chi connectivity index (χ2n) is 3.31. The monoisotopic (exact) mass is 287 g/mol. The molecule has 0 aliphatic carbocycles. The van der Waals surface area contributed by atoms with Gasteiger partial charge >= 0.3 is 5.97 Å². The summed E-state index contributed by atoms with van der Waals surface area (Å²) >= 11 is 3.27. The van der Waals surface area contributed by atoms with Gasteiger partial charge in [-0.15, -0.1) is 0 Å². The molecule has 1 rings (SSSR count). The predicted octanol–water partition coefficient (Wildman–Crippen LogP) is 3.03. The molecule has 0 aromatic heterocycles. The lowest BCUT2D eigenvalue weighted by Crippen LogP contribution is -2.05. The van der Waals surface area contributed by atoms with Crippen molar-refractivity contribution in [2.24, 2.45) is 0 Å². The Morgan fingerprint density at radius 3 is 2.94 bits per heavy atom. The van der Waals surface area contributed by atoms with Crippen LogP contribution in [0.5, 0.6) is 0 Å². The Bertz CT molecular complexity index is 432. The van der Waals surface area contributed by atoms with Crippen LogP contribution in [0.3, 0.4) is 0 Å². The molecule has 16 heavy (non-hydrogen) atoms. The van der Waals surface area contributed by atoms with Crippen molar-refractivity contribution in [3.05, 3.63) is 40.1 Å². The van der Waals surface area contributed by atoms with Gasteiger partial charge in [0.1, 0.15) is 5.82 Å². The van der Waals surface area contributed by atoms with Crippen molar-refractivity contribution in [2.45, 2.75) is 6.92 Å². The highest BCUT2D eigenvalue weighted by Gasteiger charge is 2.01. The molecule has 86 valence electrons. The van der Waals surface area contributed by atoms with Crippen molar-refractivity contribution >= 4 is 27.6 Å². The van der Waals surface area contributed by atoms with E-state index in [1.54, 1.807) is 13.0 Å². The number of benzene rings is 1. The van der Waals surface area contributed by atoms with Gasteiger partial charge in [-0.25, -0.2) is 9.18 Å². The van der Waals surface area contributed by atoms with E-state index in [-0.39, 0.29) is 5.82 Å². The minimum absolute atomic E-state index is 0.342. The van der Waals surface area contributed by atoms with Gasteiger partial charge in [0.25, 0.3) is 0 Å². The molecule has 1 aromatic rings. The minimum Gasteiger partial charge on any atom is -0.478 e. The van der Waals surface area contributed by atoms with Crippen molar-refractivity contribution in [2.75, 3.05) is 11.9 Å². The molecule has 3 nitrogen and oxygen atoms in total. The first kappa shape index (κ1) is 12.7. The number of carbonyl (C=O) groups is 1. The highest BCUT2D eigenvalue weighted by molar-refractivity contribution is 9.10. The summed E-state index contributed by atoms with van der Waals surface area (Å²) < 4.78 is 13.6. The largest absolute Gasteiger partial charge is 0.478 e. The molecular weight excluding hydrogens is 277 g/mol. The van der Waals surface area contributed by atoms with Crippen molar-refractivity contribution in [3.63, 3.8) is 0 Å². The Balaban J connectivity index is 2.68. The molecule has 0 atom stereocenters. The molecular formula is C11H11BrFNO2. The van der Waals surface area contributed by atoms with Gasteiger partial charge < -0.3 is 10.4 Å². The third kappa shape index (κ3) is 4.02. The Morgan fingerprint density at radius 2 is 2.31 bits per heavy atom. The van der Waals surface area contributed by atoms with Crippen LogP contribution in [0, 0.1) is 5.82 Å². The Morgan fingerprint density at radius 1 is 1.62 bits per heavy atom. The molecule has 0 unspecified atom stereocenters. The molecule has 0 saturated heterocycles. The molecule has 0 radical (unpaired) electrons. The number of hydrogen-bond acceptors (Lipinski definition) is 2. The molecule has 5 heteroatoms. The summed E-state index contributed by atoms with van der Waals surface area (Å²) in [5, 5.41) is 11.4. The van der Waals surface area contributed by atoms with Crippen LogP contribution < -0.4 is 5.32 Å². The Hall–Kier alpha value is -1.36. The Labute approximate surface area is 101 Å². The SMILES string of the molecule is C/C(=C/C(=O)O)CNc1cc(F)ccc1Br. The van der Waals surface area contributed by atoms with E-state index in [9.17, 15) is 9.18 Å². The lowest BCUT2D eigenvalue weighted by Gasteiger charge is -2.08. The van der Waals surface area contributed by atoms with Gasteiger partial charge in [-0.1, -0.05) is 0 Å². The number of aliphatic carboxylic acids is 1. The average molecular weight is 288 g/mol. The summed E-state index contributed by atoms with van der Waals surface area (Å²) in [5.41, 5.74) is 1.25. The quantitative estimate of drug-likeness (QED) is 0.837. The van der Waals surface area contributed by atoms with Gasteiger partial charge in [-0.2, -0.15) is 0 Å². The number of anilines is 1. The van der Waals surface area contributed by atoms with E-state index in [2.05, 4.69) is 21.2 Å². The number of halogens is 2. The highest BCUT2D eigenvalue weighted by Crippen LogP contribution is 2.23. The van der Waals surface area contributed by atoms with Crippen LogP contribution in [0.2, 0.25) is 0 Å². The molecule has 0 spiro atoms. The number of nitrogens with one attached hydrogen (secondary N) is 1. The molecule has 2 N–H and O–H groups in total. The average Bonchev–Trinajstić information content (AvgIpc) is 2.18. The summed E-state index contributed by atoms with van der Waals surface area (Å²) in [6.07, 6.45) is 1.11. The van der Waals surface area contributed by atoms with Crippen molar-refractivity contribution in [1.29, 1.82) is 0 Å². The van der Waals surface area contributed by atoms with E-state index >= 15 is 0 Å². The van der Waals surface area contributed by atoms with E-state index in [0.717, 1.165) is 10.5 Å². The third-order valence-electron chi connectivity index (χ3n) is 1.86. The fraction of sp³-hybridized carbons (Fsp3) is 0.182. The predicted molar refractivity (Wildman–Crippen MR) is 64.0 cm³/mol. The standard InChI is InChI=1S/C11H11BrFNO2/c1-7(4-11(15)16)6-14-10-5-8(13)2-3-9(10)12/h2-5,14H,6H2,1H3,(H,15,16)/b7-4-. The van der Waals surface area contributed by atoms with Crippen LogP contribution in [0.25, 0.3) is 0 Å². The van der Waals surface area contributed by atoms with Crippen molar-refractivity contribution in [1.82, 2.24) is 0 Å². The summed E-state index contributed by atoms with van der Waals surface area (Å²) in [4.78, 5) is 10.4. The third-order valence-corrected chi connectivity index (χ3v) is 2.55. The maximum Gasteiger partial charge on any atom is 0.328 e. The fourth-order valence-electron chi connectivity index (χ4n) is 1.13. The van der Waals surface area contributed by atoms with Gasteiger partial charge in [0.2, 0.25) is 0 Å². The lowest BCUT2D eigenvalue weighted by atomic mass is 10.2. The second kappa shape index (κ2) is 5.65. The van der Waals surface area contributed by atoms with Crippen LogP contribution in [0.4, 0.5) is 10.1 Å². The van der Waals surface area contributed by atoms with Crippen LogP contribution >= 0.6 is 15.9 Å².